The lowest BCUT2D eigenvalue weighted by molar-refractivity contribution is 0.291. The van der Waals surface area contributed by atoms with Gasteiger partial charge in [0, 0.05) is 36.7 Å². The summed E-state index contributed by atoms with van der Waals surface area (Å²) in [6, 6.07) is 18.0. The highest BCUT2D eigenvalue weighted by Gasteiger charge is 2.31. The van der Waals surface area contributed by atoms with Gasteiger partial charge in [-0.05, 0) is 54.2 Å². The molecule has 4 rings (SSSR count). The molecule has 0 unspecified atom stereocenters. The van der Waals surface area contributed by atoms with Crippen molar-refractivity contribution in [1.82, 2.24) is 9.47 Å². The molecule has 6 nitrogen and oxygen atoms in total. The molecule has 0 spiro atoms. The lowest BCUT2D eigenvalue weighted by Gasteiger charge is -2.39. The van der Waals surface area contributed by atoms with Crippen molar-refractivity contribution in [1.29, 1.82) is 0 Å². The maximum absolute atomic E-state index is 5.83. The molecule has 0 aliphatic carbocycles. The highest BCUT2D eigenvalue weighted by atomic mass is 32.1. The lowest BCUT2D eigenvalue weighted by atomic mass is 9.99. The molecule has 0 bridgehead atoms. The molecule has 0 radical (unpaired) electrons. The van der Waals surface area contributed by atoms with E-state index in [9.17, 15) is 0 Å². The molecule has 1 N–H and O–H groups in total. The van der Waals surface area contributed by atoms with Crippen molar-refractivity contribution in [2.24, 2.45) is 0 Å². The smallest absolute Gasteiger partial charge is 0.174 e. The molecule has 0 saturated heterocycles. The Balaban J connectivity index is 1.69. The average molecular weight is 424 g/mol. The quantitative estimate of drug-likeness (QED) is 0.617. The SMILES string of the molecule is COc1cccc(NC(=S)N2CCn3cccc3[C@@H]2c2ccc(OC)c(OC)c2)c1. The second kappa shape index (κ2) is 8.67. The highest BCUT2D eigenvalue weighted by molar-refractivity contribution is 7.80. The van der Waals surface area contributed by atoms with Gasteiger partial charge in [-0.1, -0.05) is 12.1 Å². The summed E-state index contributed by atoms with van der Waals surface area (Å²) in [4.78, 5) is 2.21. The van der Waals surface area contributed by atoms with Gasteiger partial charge in [0.2, 0.25) is 0 Å². The lowest BCUT2D eigenvalue weighted by Crippen LogP contribution is -2.44. The molecule has 2 aromatic carbocycles. The molecule has 1 aliphatic heterocycles. The summed E-state index contributed by atoms with van der Waals surface area (Å²) in [6.07, 6.45) is 2.11. The molecular weight excluding hydrogens is 398 g/mol. The first kappa shape index (κ1) is 20.1. The van der Waals surface area contributed by atoms with Crippen LogP contribution in [0.4, 0.5) is 5.69 Å². The average Bonchev–Trinajstić information content (AvgIpc) is 3.27. The van der Waals surface area contributed by atoms with Crippen LogP contribution in [0.5, 0.6) is 17.2 Å². The van der Waals surface area contributed by atoms with Gasteiger partial charge >= 0.3 is 0 Å². The van der Waals surface area contributed by atoms with Crippen LogP contribution in [0.1, 0.15) is 17.3 Å². The third kappa shape index (κ3) is 3.80. The van der Waals surface area contributed by atoms with Crippen molar-refractivity contribution in [2.45, 2.75) is 12.6 Å². The van der Waals surface area contributed by atoms with Gasteiger partial charge < -0.3 is 29.0 Å². The number of benzene rings is 2. The van der Waals surface area contributed by atoms with E-state index in [0.29, 0.717) is 16.6 Å². The number of ether oxygens (including phenoxy) is 3. The molecule has 2 heterocycles. The van der Waals surface area contributed by atoms with Gasteiger partial charge in [0.1, 0.15) is 5.75 Å². The normalized spacial score (nSPS) is 15.3. The summed E-state index contributed by atoms with van der Waals surface area (Å²) >= 11 is 5.83. The number of methoxy groups -OCH3 is 3. The predicted octanol–water partition coefficient (Wildman–Crippen LogP) is 4.32. The van der Waals surface area contributed by atoms with Crippen molar-refractivity contribution in [3.63, 3.8) is 0 Å². The largest absolute Gasteiger partial charge is 0.497 e. The zero-order chi connectivity index (χ0) is 21.1. The van der Waals surface area contributed by atoms with Crippen LogP contribution < -0.4 is 19.5 Å². The van der Waals surface area contributed by atoms with Crippen molar-refractivity contribution in [3.05, 3.63) is 72.1 Å². The van der Waals surface area contributed by atoms with Gasteiger partial charge in [0.05, 0.1) is 27.4 Å². The van der Waals surface area contributed by atoms with E-state index in [2.05, 4.69) is 39.2 Å². The first-order valence-electron chi connectivity index (χ1n) is 9.73. The van der Waals surface area contributed by atoms with E-state index in [1.807, 2.05) is 36.4 Å². The van der Waals surface area contributed by atoms with E-state index >= 15 is 0 Å². The van der Waals surface area contributed by atoms with Crippen LogP contribution in [0.25, 0.3) is 0 Å². The molecule has 1 aliphatic rings. The molecule has 7 heteroatoms. The van der Waals surface area contributed by atoms with E-state index in [-0.39, 0.29) is 6.04 Å². The van der Waals surface area contributed by atoms with Crippen LogP contribution >= 0.6 is 12.2 Å². The second-order valence-corrected chi connectivity index (χ2v) is 7.39. The van der Waals surface area contributed by atoms with Crippen molar-refractivity contribution in [2.75, 3.05) is 33.2 Å². The summed E-state index contributed by atoms with van der Waals surface area (Å²) in [7, 11) is 4.95. The topological polar surface area (TPSA) is 47.9 Å². The molecule has 30 heavy (non-hydrogen) atoms. The number of rotatable bonds is 5. The summed E-state index contributed by atoms with van der Waals surface area (Å²) in [6.45, 7) is 1.66. The number of fused-ring (bicyclic) bond motifs is 1. The van der Waals surface area contributed by atoms with E-state index < -0.39 is 0 Å². The molecule has 156 valence electrons. The van der Waals surface area contributed by atoms with Crippen LogP contribution in [0.15, 0.2) is 60.8 Å². The maximum Gasteiger partial charge on any atom is 0.174 e. The van der Waals surface area contributed by atoms with Gasteiger partial charge in [-0.3, -0.25) is 0 Å². The summed E-state index contributed by atoms with van der Waals surface area (Å²) in [5.41, 5.74) is 3.16. The fourth-order valence-corrected chi connectivity index (χ4v) is 4.19. The fourth-order valence-electron chi connectivity index (χ4n) is 3.87. The highest BCUT2D eigenvalue weighted by Crippen LogP contribution is 2.37. The van der Waals surface area contributed by atoms with Crippen LogP contribution in [-0.4, -0.2) is 42.5 Å². The molecule has 0 amide bonds. The van der Waals surface area contributed by atoms with Crippen molar-refractivity contribution >= 4 is 23.0 Å². The van der Waals surface area contributed by atoms with Gasteiger partial charge in [0.25, 0.3) is 0 Å². The fraction of sp³-hybridized carbons (Fsp3) is 0.261. The van der Waals surface area contributed by atoms with Crippen LogP contribution in [0.3, 0.4) is 0 Å². The number of hydrogen-bond donors (Lipinski definition) is 1. The number of nitrogens with zero attached hydrogens (tertiary/aromatic N) is 2. The zero-order valence-corrected chi connectivity index (χ0v) is 18.1. The second-order valence-electron chi connectivity index (χ2n) is 7.00. The minimum atomic E-state index is -0.0424. The standard InChI is InChI=1S/C23H25N3O3S/c1-27-18-7-4-6-17(15-18)24-23(30)26-13-12-25-11-5-8-19(25)22(26)16-9-10-20(28-2)21(14-16)29-3/h4-11,14-15,22H,12-13H2,1-3H3,(H,24,30)/t22-/m0/s1. The summed E-state index contributed by atoms with van der Waals surface area (Å²) in [5.74, 6) is 2.19. The van der Waals surface area contributed by atoms with Gasteiger partial charge in [-0.15, -0.1) is 0 Å². The van der Waals surface area contributed by atoms with Crippen LogP contribution in [0, 0.1) is 0 Å². The Kier molecular flexibility index (Phi) is 5.81. The van der Waals surface area contributed by atoms with E-state index in [0.717, 1.165) is 30.1 Å². The van der Waals surface area contributed by atoms with Crippen LogP contribution in [-0.2, 0) is 6.54 Å². The molecule has 0 fully saturated rings. The molecule has 3 aromatic rings. The zero-order valence-electron chi connectivity index (χ0n) is 17.3. The van der Waals surface area contributed by atoms with Gasteiger partial charge in [-0.25, -0.2) is 0 Å². The Bertz CT molecular complexity index is 1050. The Morgan fingerprint density at radius 2 is 1.77 bits per heavy atom. The number of hydrogen-bond acceptors (Lipinski definition) is 4. The molecule has 1 aromatic heterocycles. The third-order valence-electron chi connectivity index (χ3n) is 5.34. The van der Waals surface area contributed by atoms with E-state index in [1.54, 1.807) is 21.3 Å². The summed E-state index contributed by atoms with van der Waals surface area (Å²) < 4.78 is 18.6. The number of anilines is 1. The Morgan fingerprint density at radius 1 is 0.933 bits per heavy atom. The maximum atomic E-state index is 5.83. The third-order valence-corrected chi connectivity index (χ3v) is 5.68. The minimum Gasteiger partial charge on any atom is -0.497 e. The monoisotopic (exact) mass is 423 g/mol. The Hall–Kier alpha value is -3.19. The van der Waals surface area contributed by atoms with Gasteiger partial charge in [0.15, 0.2) is 16.6 Å². The van der Waals surface area contributed by atoms with E-state index in [1.165, 1.54) is 5.69 Å². The Labute approximate surface area is 182 Å². The predicted molar refractivity (Wildman–Crippen MR) is 122 cm³/mol. The number of nitrogens with one attached hydrogen (secondary N) is 1. The number of aromatic nitrogens is 1. The van der Waals surface area contributed by atoms with Crippen molar-refractivity contribution < 1.29 is 14.2 Å². The minimum absolute atomic E-state index is 0.0424. The first-order chi connectivity index (χ1) is 14.6. The van der Waals surface area contributed by atoms with Crippen LogP contribution in [0.2, 0.25) is 0 Å². The molecular formula is C23H25N3O3S. The molecule has 1 atom stereocenters. The van der Waals surface area contributed by atoms with Gasteiger partial charge in [-0.2, -0.15) is 0 Å². The summed E-state index contributed by atoms with van der Waals surface area (Å²) in [5, 5.41) is 4.03. The number of thiocarbonyl (C=S) groups is 1. The molecule has 0 saturated carbocycles. The Morgan fingerprint density at radius 3 is 2.53 bits per heavy atom. The first-order valence-corrected chi connectivity index (χ1v) is 10.1. The van der Waals surface area contributed by atoms with Crippen molar-refractivity contribution in [3.8, 4) is 17.2 Å². The van der Waals surface area contributed by atoms with E-state index in [4.69, 9.17) is 26.4 Å².